The number of carbonyl (C=O) groups is 1. The lowest BCUT2D eigenvalue weighted by Gasteiger charge is -2.03. The van der Waals surface area contributed by atoms with E-state index in [1.54, 1.807) is 0 Å². The Labute approximate surface area is 163 Å². The lowest BCUT2D eigenvalue weighted by atomic mass is 10.0. The van der Waals surface area contributed by atoms with Gasteiger partial charge in [-0.25, -0.2) is 4.79 Å². The van der Waals surface area contributed by atoms with Gasteiger partial charge in [-0.2, -0.15) is 0 Å². The molecule has 0 aliphatic rings. The van der Waals surface area contributed by atoms with Gasteiger partial charge < -0.3 is 14.6 Å². The van der Waals surface area contributed by atoms with Crippen LogP contribution in [0.1, 0.15) is 111 Å². The fraction of sp³-hybridized carbons (Fsp3) is 0.955. The fourth-order valence-corrected chi connectivity index (χ4v) is 2.76. The van der Waals surface area contributed by atoms with E-state index in [9.17, 15) is 4.79 Å². The maximum atomic E-state index is 10.2. The van der Waals surface area contributed by atoms with Crippen LogP contribution in [0.3, 0.4) is 0 Å². The van der Waals surface area contributed by atoms with E-state index in [1.807, 2.05) is 13.8 Å². The Kier molecular flexibility index (Phi) is 28.3. The minimum absolute atomic E-state index is 0.154. The van der Waals surface area contributed by atoms with Crippen molar-refractivity contribution in [2.45, 2.75) is 111 Å². The first kappa shape index (κ1) is 27.6. The van der Waals surface area contributed by atoms with Gasteiger partial charge in [-0.05, 0) is 20.3 Å². The third-order valence-corrected chi connectivity index (χ3v) is 4.28. The van der Waals surface area contributed by atoms with Gasteiger partial charge in [0.15, 0.2) is 0 Å². The summed E-state index contributed by atoms with van der Waals surface area (Å²) in [7, 11) is 0. The van der Waals surface area contributed by atoms with Gasteiger partial charge in [0, 0.05) is 19.8 Å². The summed E-state index contributed by atoms with van der Waals surface area (Å²) in [5.41, 5.74) is 0. The van der Waals surface area contributed by atoms with Crippen LogP contribution >= 0.6 is 0 Å². The fourth-order valence-electron chi connectivity index (χ4n) is 2.76. The minimum atomic E-state index is -0.875. The van der Waals surface area contributed by atoms with Crippen molar-refractivity contribution in [3.8, 4) is 0 Å². The zero-order valence-corrected chi connectivity index (χ0v) is 17.9. The highest BCUT2D eigenvalue weighted by molar-refractivity contribution is 5.67. The van der Waals surface area contributed by atoms with E-state index in [4.69, 9.17) is 14.6 Å². The van der Waals surface area contributed by atoms with Crippen LogP contribution in [0.5, 0.6) is 0 Å². The molecule has 0 aliphatic carbocycles. The van der Waals surface area contributed by atoms with E-state index in [1.165, 1.54) is 77.0 Å². The molecule has 158 valence electrons. The molecule has 0 fully saturated rings. The van der Waals surface area contributed by atoms with Crippen LogP contribution in [0.25, 0.3) is 0 Å². The Morgan fingerprint density at radius 1 is 0.615 bits per heavy atom. The molecule has 0 atom stereocenters. The Bertz CT molecular complexity index is 255. The van der Waals surface area contributed by atoms with Crippen molar-refractivity contribution in [1.82, 2.24) is 0 Å². The quantitative estimate of drug-likeness (QED) is 0.258. The molecule has 0 radical (unpaired) electrons. The molecule has 0 spiro atoms. The lowest BCUT2D eigenvalue weighted by molar-refractivity contribution is -0.142. The highest BCUT2D eigenvalue weighted by Gasteiger charge is 1.96. The van der Waals surface area contributed by atoms with Crippen LogP contribution in [0, 0.1) is 0 Å². The Balaban J connectivity index is 0. The second-order valence-electron chi connectivity index (χ2n) is 6.82. The number of unbranched alkanes of at least 4 members (excludes halogenated alkanes) is 13. The Hall–Kier alpha value is -0.610. The van der Waals surface area contributed by atoms with Crippen LogP contribution < -0.4 is 0 Å². The topological polar surface area (TPSA) is 55.8 Å². The van der Waals surface area contributed by atoms with Crippen LogP contribution in [0.2, 0.25) is 0 Å². The van der Waals surface area contributed by atoms with Crippen LogP contribution in [-0.2, 0) is 14.3 Å². The molecule has 0 saturated carbocycles. The molecular weight excluding hydrogens is 328 g/mol. The summed E-state index contributed by atoms with van der Waals surface area (Å²) in [6.07, 6.45) is 18.7. The number of carboxylic acids is 1. The molecule has 4 heteroatoms. The summed E-state index contributed by atoms with van der Waals surface area (Å²) >= 11 is 0. The highest BCUT2D eigenvalue weighted by atomic mass is 16.5. The highest BCUT2D eigenvalue weighted by Crippen LogP contribution is 2.12. The first-order chi connectivity index (χ1) is 12.7. The summed E-state index contributed by atoms with van der Waals surface area (Å²) in [6.45, 7) is 8.37. The minimum Gasteiger partial charge on any atom is -0.480 e. The molecule has 0 aromatic rings. The predicted octanol–water partition coefficient (Wildman–Crippen LogP) is 6.61. The van der Waals surface area contributed by atoms with Crippen LogP contribution in [0.15, 0.2) is 0 Å². The summed E-state index contributed by atoms with van der Waals surface area (Å²) in [4.78, 5) is 10.2. The van der Waals surface area contributed by atoms with Gasteiger partial charge in [-0.1, -0.05) is 90.4 Å². The number of carboxylic acid groups (broad SMARTS) is 1. The number of hydrogen-bond acceptors (Lipinski definition) is 3. The van der Waals surface area contributed by atoms with Gasteiger partial charge in [-0.3, -0.25) is 0 Å². The standard InChI is InChI=1S/C18H36O3.C4H10O/c1-2-3-4-5-6-7-8-9-10-11-12-13-14-15-16-21-17-18(19)20;1-3-5-4-2/h2-17H2,1H3,(H,19,20);3-4H2,1-2H3. The third-order valence-electron chi connectivity index (χ3n) is 4.28. The maximum Gasteiger partial charge on any atom is 0.329 e. The number of ether oxygens (including phenoxy) is 2. The molecular formula is C22H46O4. The third kappa shape index (κ3) is 31.2. The van der Waals surface area contributed by atoms with Gasteiger partial charge in [0.1, 0.15) is 6.61 Å². The van der Waals surface area contributed by atoms with E-state index in [0.717, 1.165) is 26.1 Å². The van der Waals surface area contributed by atoms with Crippen molar-refractivity contribution in [1.29, 1.82) is 0 Å². The number of hydrogen-bond donors (Lipinski definition) is 1. The monoisotopic (exact) mass is 374 g/mol. The number of rotatable bonds is 19. The van der Waals surface area contributed by atoms with E-state index in [-0.39, 0.29) is 6.61 Å². The van der Waals surface area contributed by atoms with Crippen LogP contribution in [-0.4, -0.2) is 37.5 Å². The van der Waals surface area contributed by atoms with Crippen molar-refractivity contribution >= 4 is 5.97 Å². The van der Waals surface area contributed by atoms with Crippen LogP contribution in [0.4, 0.5) is 0 Å². The molecule has 0 rings (SSSR count). The molecule has 0 aliphatic heterocycles. The average molecular weight is 375 g/mol. The van der Waals surface area contributed by atoms with Gasteiger partial charge in [0.05, 0.1) is 0 Å². The number of aliphatic carboxylic acids is 1. The molecule has 26 heavy (non-hydrogen) atoms. The smallest absolute Gasteiger partial charge is 0.329 e. The molecule has 0 aromatic carbocycles. The molecule has 0 bridgehead atoms. The Morgan fingerprint density at radius 3 is 1.31 bits per heavy atom. The SMILES string of the molecule is CCCCCCCCCCCCCCCCOCC(=O)O.CCOCC. The molecule has 0 saturated heterocycles. The van der Waals surface area contributed by atoms with Crippen molar-refractivity contribution < 1.29 is 19.4 Å². The summed E-state index contributed by atoms with van der Waals surface area (Å²) in [5.74, 6) is -0.875. The summed E-state index contributed by atoms with van der Waals surface area (Å²) in [5, 5.41) is 8.40. The van der Waals surface area contributed by atoms with Gasteiger partial charge >= 0.3 is 5.97 Å². The molecule has 0 amide bonds. The molecule has 0 aromatic heterocycles. The molecule has 0 heterocycles. The maximum absolute atomic E-state index is 10.2. The lowest BCUT2D eigenvalue weighted by Crippen LogP contribution is -2.07. The van der Waals surface area contributed by atoms with E-state index < -0.39 is 5.97 Å². The van der Waals surface area contributed by atoms with Gasteiger partial charge in [0.25, 0.3) is 0 Å². The zero-order chi connectivity index (χ0) is 19.7. The van der Waals surface area contributed by atoms with Crippen molar-refractivity contribution in [3.05, 3.63) is 0 Å². The zero-order valence-electron chi connectivity index (χ0n) is 17.9. The van der Waals surface area contributed by atoms with Crippen molar-refractivity contribution in [3.63, 3.8) is 0 Å². The summed E-state index contributed by atoms with van der Waals surface area (Å²) in [6, 6.07) is 0. The largest absolute Gasteiger partial charge is 0.480 e. The Morgan fingerprint density at radius 2 is 1.00 bits per heavy atom. The van der Waals surface area contributed by atoms with E-state index in [0.29, 0.717) is 6.61 Å². The first-order valence-corrected chi connectivity index (χ1v) is 11.1. The van der Waals surface area contributed by atoms with E-state index in [2.05, 4.69) is 6.92 Å². The normalized spacial score (nSPS) is 10.4. The summed E-state index contributed by atoms with van der Waals surface area (Å²) < 4.78 is 9.84. The van der Waals surface area contributed by atoms with Gasteiger partial charge in [-0.15, -0.1) is 0 Å². The first-order valence-electron chi connectivity index (χ1n) is 11.1. The second kappa shape index (κ2) is 26.6. The van der Waals surface area contributed by atoms with Gasteiger partial charge in [0.2, 0.25) is 0 Å². The van der Waals surface area contributed by atoms with Crippen molar-refractivity contribution in [2.75, 3.05) is 26.4 Å². The molecule has 0 unspecified atom stereocenters. The van der Waals surface area contributed by atoms with Crippen molar-refractivity contribution in [2.24, 2.45) is 0 Å². The average Bonchev–Trinajstić information content (AvgIpc) is 2.62. The molecule has 1 N–H and O–H groups in total. The molecule has 4 nitrogen and oxygen atoms in total. The second-order valence-corrected chi connectivity index (χ2v) is 6.82. The van der Waals surface area contributed by atoms with E-state index >= 15 is 0 Å². The predicted molar refractivity (Wildman–Crippen MR) is 111 cm³/mol.